The molecule has 0 aliphatic rings. The smallest absolute Gasteiger partial charge is 0.356 e. The van der Waals surface area contributed by atoms with Gasteiger partial charge >= 0.3 is 5.97 Å². The molecule has 0 spiro atoms. The van der Waals surface area contributed by atoms with Crippen LogP contribution in [0, 0.1) is 6.08 Å². The monoisotopic (exact) mass is 278 g/mol. The average Bonchev–Trinajstić information content (AvgIpc) is 2.84. The van der Waals surface area contributed by atoms with Gasteiger partial charge in [-0.1, -0.05) is 30.3 Å². The number of esters is 1. The fraction of sp³-hybridized carbons (Fsp3) is 0.286. The summed E-state index contributed by atoms with van der Waals surface area (Å²) in [4.78, 5) is 15.3. The van der Waals surface area contributed by atoms with Crippen LogP contribution in [0.2, 0.25) is 0 Å². The molecule has 1 heterocycles. The number of hydrogen-bond acceptors (Lipinski definition) is 4. The summed E-state index contributed by atoms with van der Waals surface area (Å²) < 4.78 is 19.8. The van der Waals surface area contributed by atoms with Gasteiger partial charge in [-0.05, 0) is 12.5 Å². The topological polar surface area (TPSA) is 64.3 Å². The number of imidazole rings is 1. The molecule has 1 atom stereocenters. The second-order valence-electron chi connectivity index (χ2n) is 4.11. The maximum atomic E-state index is 13.9. The van der Waals surface area contributed by atoms with Crippen molar-refractivity contribution in [3.63, 3.8) is 0 Å². The number of benzene rings is 1. The van der Waals surface area contributed by atoms with Crippen molar-refractivity contribution >= 4 is 5.97 Å². The van der Waals surface area contributed by atoms with E-state index in [1.807, 2.05) is 6.07 Å². The van der Waals surface area contributed by atoms with Crippen molar-refractivity contribution < 1.29 is 19.0 Å². The Labute approximate surface area is 115 Å². The van der Waals surface area contributed by atoms with Crippen molar-refractivity contribution in [1.29, 1.82) is 0 Å². The zero-order valence-corrected chi connectivity index (χ0v) is 11.0. The first-order valence-electron chi connectivity index (χ1n) is 6.24. The number of aromatic nitrogens is 2. The van der Waals surface area contributed by atoms with E-state index < -0.39 is 18.1 Å². The zero-order valence-electron chi connectivity index (χ0n) is 11.0. The Hall–Kier alpha value is -2.21. The van der Waals surface area contributed by atoms with E-state index in [1.165, 1.54) is 0 Å². The number of carbonyl (C=O) groups excluding carboxylic acids is 1. The first-order chi connectivity index (χ1) is 9.69. The van der Waals surface area contributed by atoms with Gasteiger partial charge in [0.05, 0.1) is 25.5 Å². The second-order valence-corrected chi connectivity index (χ2v) is 4.11. The Morgan fingerprint density at radius 1 is 1.45 bits per heavy atom. The highest BCUT2D eigenvalue weighted by Gasteiger charge is 2.24. The summed E-state index contributed by atoms with van der Waals surface area (Å²) in [5.74, 6) is -0.668. The van der Waals surface area contributed by atoms with Crippen LogP contribution < -0.4 is 0 Å². The van der Waals surface area contributed by atoms with Crippen LogP contribution in [0.25, 0.3) is 0 Å². The normalized spacial score (nSPS) is 12.2. The number of aliphatic hydroxyl groups excluding tert-OH is 1. The fourth-order valence-electron chi connectivity index (χ4n) is 2.00. The van der Waals surface area contributed by atoms with Gasteiger partial charge in [0.1, 0.15) is 5.69 Å². The first-order valence-corrected chi connectivity index (χ1v) is 6.24. The third kappa shape index (κ3) is 2.70. The molecule has 0 saturated carbocycles. The maximum Gasteiger partial charge on any atom is 0.356 e. The van der Waals surface area contributed by atoms with Gasteiger partial charge in [0.2, 0.25) is 0 Å². The first kappa shape index (κ1) is 14.2. The molecule has 1 aromatic heterocycles. The van der Waals surface area contributed by atoms with E-state index in [4.69, 9.17) is 4.74 Å². The van der Waals surface area contributed by atoms with Crippen LogP contribution in [0.5, 0.6) is 0 Å². The van der Waals surface area contributed by atoms with Crippen molar-refractivity contribution in [3.05, 3.63) is 53.9 Å². The lowest BCUT2D eigenvalue weighted by atomic mass is 10.1. The molecule has 20 heavy (non-hydrogen) atoms. The molecule has 106 valence electrons. The van der Waals surface area contributed by atoms with E-state index in [0.717, 1.165) is 10.8 Å². The molecule has 1 unspecified atom stereocenters. The fourth-order valence-corrected chi connectivity index (χ4v) is 2.00. The minimum Gasteiger partial charge on any atom is -0.461 e. The highest BCUT2D eigenvalue weighted by atomic mass is 19.1. The molecule has 0 bridgehead atoms. The van der Waals surface area contributed by atoms with Gasteiger partial charge in [-0.15, -0.1) is 0 Å². The number of ether oxygens (including phenoxy) is 1. The van der Waals surface area contributed by atoms with E-state index >= 15 is 0 Å². The summed E-state index contributed by atoms with van der Waals surface area (Å²) in [6, 6.07) is 8.13. The minimum absolute atomic E-state index is 0.0211. The highest BCUT2D eigenvalue weighted by Crippen LogP contribution is 2.22. The number of carbonyl (C=O) groups is 1. The zero-order chi connectivity index (χ0) is 14.5. The molecule has 0 radical (unpaired) electrons. The summed E-state index contributed by atoms with van der Waals surface area (Å²) in [6.07, 6.45) is 0.273. The Bertz CT molecular complexity index is 583. The van der Waals surface area contributed by atoms with Crippen LogP contribution >= 0.6 is 0 Å². The van der Waals surface area contributed by atoms with Gasteiger partial charge < -0.3 is 9.84 Å². The Morgan fingerprint density at radius 2 is 2.15 bits per heavy atom. The third-order valence-electron chi connectivity index (χ3n) is 2.91. The van der Waals surface area contributed by atoms with Crippen molar-refractivity contribution in [2.75, 3.05) is 13.2 Å². The van der Waals surface area contributed by atoms with Crippen LogP contribution in [0.15, 0.2) is 36.5 Å². The molecule has 0 amide bonds. The SMILES string of the molecule is CCOC(=O)c1cnc(F)n1C(CO)c1ccccc1. The Kier molecular flexibility index (Phi) is 4.47. The van der Waals surface area contributed by atoms with E-state index in [-0.39, 0.29) is 18.9 Å². The quantitative estimate of drug-likeness (QED) is 0.847. The summed E-state index contributed by atoms with van der Waals surface area (Å²) >= 11 is 0. The summed E-state index contributed by atoms with van der Waals surface area (Å²) in [5, 5.41) is 9.54. The molecule has 2 rings (SSSR count). The number of nitrogens with zero attached hydrogens (tertiary/aromatic N) is 2. The van der Waals surface area contributed by atoms with Crippen molar-refractivity contribution in [1.82, 2.24) is 9.55 Å². The summed E-state index contributed by atoms with van der Waals surface area (Å²) in [7, 11) is 0. The lowest BCUT2D eigenvalue weighted by molar-refractivity contribution is 0.0508. The van der Waals surface area contributed by atoms with E-state index in [0.29, 0.717) is 5.56 Å². The standard InChI is InChI=1S/C14H15FN2O3/c1-2-20-13(19)11-8-16-14(15)17(11)12(9-18)10-6-4-3-5-7-10/h3-8,12,18H,2,9H2,1H3. The van der Waals surface area contributed by atoms with Crippen LogP contribution in [-0.4, -0.2) is 33.8 Å². The molecule has 1 N–H and O–H groups in total. The minimum atomic E-state index is -0.837. The number of halogens is 1. The van der Waals surface area contributed by atoms with Gasteiger partial charge in [0.25, 0.3) is 6.08 Å². The lowest BCUT2D eigenvalue weighted by Crippen LogP contribution is -2.22. The predicted molar refractivity (Wildman–Crippen MR) is 69.8 cm³/mol. The Morgan fingerprint density at radius 3 is 2.75 bits per heavy atom. The molecule has 2 aromatic rings. The highest BCUT2D eigenvalue weighted by molar-refractivity contribution is 5.87. The lowest BCUT2D eigenvalue weighted by Gasteiger charge is -2.18. The number of rotatable bonds is 5. The predicted octanol–water partition coefficient (Wildman–Crippen LogP) is 1.78. The van der Waals surface area contributed by atoms with Crippen LogP contribution in [0.4, 0.5) is 4.39 Å². The van der Waals surface area contributed by atoms with Crippen LogP contribution in [0.3, 0.4) is 0 Å². The molecular formula is C14H15FN2O3. The molecule has 0 aliphatic carbocycles. The largest absolute Gasteiger partial charge is 0.461 e. The summed E-state index contributed by atoms with van der Waals surface area (Å²) in [5.41, 5.74) is 0.657. The summed E-state index contributed by atoms with van der Waals surface area (Å²) in [6.45, 7) is 1.49. The molecule has 0 aliphatic heterocycles. The van der Waals surface area contributed by atoms with E-state index in [1.54, 1.807) is 31.2 Å². The molecule has 1 aromatic carbocycles. The molecule has 5 nitrogen and oxygen atoms in total. The number of aliphatic hydroxyl groups is 1. The van der Waals surface area contributed by atoms with Gasteiger partial charge in [0.15, 0.2) is 0 Å². The van der Waals surface area contributed by atoms with Gasteiger partial charge in [-0.2, -0.15) is 4.39 Å². The van der Waals surface area contributed by atoms with Crippen molar-refractivity contribution in [3.8, 4) is 0 Å². The number of hydrogen-bond donors (Lipinski definition) is 1. The molecule has 0 fully saturated rings. The van der Waals surface area contributed by atoms with Gasteiger partial charge in [-0.25, -0.2) is 9.78 Å². The van der Waals surface area contributed by atoms with Gasteiger partial charge in [-0.3, -0.25) is 4.57 Å². The van der Waals surface area contributed by atoms with Crippen LogP contribution in [-0.2, 0) is 4.74 Å². The maximum absolute atomic E-state index is 13.9. The van der Waals surface area contributed by atoms with Gasteiger partial charge in [0, 0.05) is 0 Å². The third-order valence-corrected chi connectivity index (χ3v) is 2.91. The molecular weight excluding hydrogens is 263 g/mol. The van der Waals surface area contributed by atoms with E-state index in [9.17, 15) is 14.3 Å². The molecule has 0 saturated heterocycles. The molecule has 6 heteroatoms. The Balaban J connectivity index is 2.45. The van der Waals surface area contributed by atoms with Crippen molar-refractivity contribution in [2.45, 2.75) is 13.0 Å². The van der Waals surface area contributed by atoms with E-state index in [2.05, 4.69) is 4.98 Å². The van der Waals surface area contributed by atoms with Crippen molar-refractivity contribution in [2.24, 2.45) is 0 Å². The average molecular weight is 278 g/mol. The second kappa shape index (κ2) is 6.29. The van der Waals surface area contributed by atoms with Crippen LogP contribution in [0.1, 0.15) is 29.0 Å².